The summed E-state index contributed by atoms with van der Waals surface area (Å²) in [6, 6.07) is 6.22. The van der Waals surface area contributed by atoms with Crippen LogP contribution < -0.4 is 10.5 Å². The van der Waals surface area contributed by atoms with Crippen LogP contribution in [0.15, 0.2) is 18.2 Å². The minimum absolute atomic E-state index is 0.339. The molecule has 4 rings (SSSR count). The van der Waals surface area contributed by atoms with E-state index in [4.69, 9.17) is 10.5 Å². The third-order valence-corrected chi connectivity index (χ3v) is 4.84. The van der Waals surface area contributed by atoms with E-state index in [1.165, 1.54) is 31.2 Å². The molecule has 2 saturated carbocycles. The van der Waals surface area contributed by atoms with Crippen molar-refractivity contribution < 1.29 is 9.53 Å². The summed E-state index contributed by atoms with van der Waals surface area (Å²) >= 11 is 0. The molecule has 3 heteroatoms. The van der Waals surface area contributed by atoms with Gasteiger partial charge in [0.15, 0.2) is 0 Å². The molecule has 2 fully saturated rings. The van der Waals surface area contributed by atoms with Gasteiger partial charge in [-0.25, -0.2) is 4.79 Å². The van der Waals surface area contributed by atoms with E-state index in [9.17, 15) is 4.79 Å². The summed E-state index contributed by atoms with van der Waals surface area (Å²) in [5.74, 6) is 2.72. The maximum Gasteiger partial charge on any atom is 0.336 e. The van der Waals surface area contributed by atoms with Gasteiger partial charge in [0, 0.05) is 5.56 Å². The second kappa shape index (κ2) is 3.60. The van der Waals surface area contributed by atoms with Crippen molar-refractivity contribution in [3.05, 3.63) is 29.3 Å². The van der Waals surface area contributed by atoms with E-state index in [1.54, 1.807) is 6.92 Å². The van der Waals surface area contributed by atoms with Crippen LogP contribution in [0.2, 0.25) is 0 Å². The van der Waals surface area contributed by atoms with Crippen molar-refractivity contribution in [3.63, 3.8) is 0 Å². The molecular formula is C16H19NO2. The first-order chi connectivity index (χ1) is 9.07. The van der Waals surface area contributed by atoms with Gasteiger partial charge in [-0.1, -0.05) is 12.1 Å². The summed E-state index contributed by atoms with van der Waals surface area (Å²) in [4.78, 5) is 11.8. The van der Waals surface area contributed by atoms with Crippen LogP contribution in [0, 0.1) is 11.8 Å². The molecule has 1 heterocycles. The molecule has 1 aliphatic heterocycles. The highest BCUT2D eigenvalue weighted by Crippen LogP contribution is 2.55. The lowest BCUT2D eigenvalue weighted by Gasteiger charge is -2.18. The Kier molecular flexibility index (Phi) is 2.17. The van der Waals surface area contributed by atoms with Crippen LogP contribution in [0.5, 0.6) is 5.75 Å². The Morgan fingerprint density at radius 2 is 1.89 bits per heavy atom. The van der Waals surface area contributed by atoms with Crippen molar-refractivity contribution in [3.8, 4) is 5.75 Å². The number of esters is 1. The predicted octanol–water partition coefficient (Wildman–Crippen LogP) is 2.68. The highest BCUT2D eigenvalue weighted by atomic mass is 16.5. The van der Waals surface area contributed by atoms with Crippen LogP contribution in [0.25, 0.3) is 0 Å². The number of rotatable bonds is 3. The zero-order valence-corrected chi connectivity index (χ0v) is 11.2. The zero-order chi connectivity index (χ0) is 13.2. The van der Waals surface area contributed by atoms with Gasteiger partial charge in [-0.05, 0) is 62.0 Å². The van der Waals surface area contributed by atoms with Crippen LogP contribution in [0.1, 0.15) is 49.7 Å². The van der Waals surface area contributed by atoms with Gasteiger partial charge in [-0.3, -0.25) is 0 Å². The van der Waals surface area contributed by atoms with Crippen LogP contribution in [-0.4, -0.2) is 5.97 Å². The predicted molar refractivity (Wildman–Crippen MR) is 71.8 cm³/mol. The second-order valence-corrected chi connectivity index (χ2v) is 6.55. The molecule has 1 aromatic carbocycles. The monoisotopic (exact) mass is 257 g/mol. The highest BCUT2D eigenvalue weighted by Gasteiger charge is 2.45. The van der Waals surface area contributed by atoms with E-state index in [0.717, 1.165) is 17.4 Å². The average Bonchev–Trinajstić information content (AvgIpc) is 3.23. The molecule has 0 radical (unpaired) electrons. The van der Waals surface area contributed by atoms with Gasteiger partial charge in [0.1, 0.15) is 11.3 Å². The average molecular weight is 257 g/mol. The minimum atomic E-state index is -0.984. The van der Waals surface area contributed by atoms with Gasteiger partial charge in [-0.15, -0.1) is 0 Å². The summed E-state index contributed by atoms with van der Waals surface area (Å²) in [6.07, 6.45) is 5.42. The topological polar surface area (TPSA) is 52.3 Å². The molecule has 0 amide bonds. The fraction of sp³-hybridized carbons (Fsp3) is 0.562. The Hall–Kier alpha value is -1.35. The van der Waals surface area contributed by atoms with Crippen LogP contribution in [0.3, 0.4) is 0 Å². The van der Waals surface area contributed by atoms with E-state index in [-0.39, 0.29) is 5.97 Å². The third-order valence-electron chi connectivity index (χ3n) is 4.84. The molecule has 0 saturated heterocycles. The maximum atomic E-state index is 11.8. The number of hydrogen-bond donors (Lipinski definition) is 1. The number of ether oxygens (including phenoxy) is 1. The van der Waals surface area contributed by atoms with Gasteiger partial charge in [-0.2, -0.15) is 0 Å². The minimum Gasteiger partial charge on any atom is -0.425 e. The summed E-state index contributed by atoms with van der Waals surface area (Å²) < 4.78 is 5.35. The summed E-state index contributed by atoms with van der Waals surface area (Å²) in [7, 11) is 0. The van der Waals surface area contributed by atoms with Crippen molar-refractivity contribution in [2.75, 3.05) is 0 Å². The Labute approximate surface area is 113 Å². The first-order valence-electron chi connectivity index (χ1n) is 7.23. The van der Waals surface area contributed by atoms with Crippen molar-refractivity contribution in [1.29, 1.82) is 0 Å². The number of benzene rings is 1. The van der Waals surface area contributed by atoms with Gasteiger partial charge < -0.3 is 10.5 Å². The van der Waals surface area contributed by atoms with Gasteiger partial charge in [0.05, 0.1) is 0 Å². The lowest BCUT2D eigenvalue weighted by molar-refractivity contribution is -0.137. The number of carbonyl (C=O) groups excluding carboxylic acids is 1. The van der Waals surface area contributed by atoms with Crippen LogP contribution in [-0.2, 0) is 10.3 Å². The van der Waals surface area contributed by atoms with E-state index in [2.05, 4.69) is 12.1 Å². The molecule has 0 spiro atoms. The number of carbonyl (C=O) groups is 1. The molecule has 1 unspecified atom stereocenters. The molecule has 3 nitrogen and oxygen atoms in total. The first-order valence-corrected chi connectivity index (χ1v) is 7.23. The molecule has 2 N–H and O–H groups in total. The fourth-order valence-electron chi connectivity index (χ4n) is 3.42. The van der Waals surface area contributed by atoms with E-state index >= 15 is 0 Å². The maximum absolute atomic E-state index is 11.8. The Bertz CT molecular complexity index is 544. The standard InChI is InChI=1S/C16H19NO2/c1-16(17)12-7-6-11(8-13(12)19-15(16)18)14(9-2-3-9)10-4-5-10/h6-10,14H,2-5,17H2,1H3. The Balaban J connectivity index is 1.72. The molecule has 1 aromatic rings. The molecule has 1 atom stereocenters. The third kappa shape index (κ3) is 1.71. The van der Waals surface area contributed by atoms with Crippen LogP contribution in [0.4, 0.5) is 0 Å². The van der Waals surface area contributed by atoms with Gasteiger partial charge >= 0.3 is 5.97 Å². The second-order valence-electron chi connectivity index (χ2n) is 6.55. The van der Waals surface area contributed by atoms with Crippen molar-refractivity contribution >= 4 is 5.97 Å². The number of hydrogen-bond acceptors (Lipinski definition) is 3. The zero-order valence-electron chi connectivity index (χ0n) is 11.2. The molecular weight excluding hydrogens is 238 g/mol. The Morgan fingerprint density at radius 1 is 1.26 bits per heavy atom. The molecule has 100 valence electrons. The van der Waals surface area contributed by atoms with Crippen molar-refractivity contribution in [2.45, 2.75) is 44.1 Å². The van der Waals surface area contributed by atoms with E-state index in [0.29, 0.717) is 11.7 Å². The van der Waals surface area contributed by atoms with E-state index < -0.39 is 5.54 Å². The molecule has 3 aliphatic rings. The molecule has 2 aliphatic carbocycles. The smallest absolute Gasteiger partial charge is 0.336 e. The summed E-state index contributed by atoms with van der Waals surface area (Å²) in [6.45, 7) is 1.72. The molecule has 0 aromatic heterocycles. The summed E-state index contributed by atoms with van der Waals surface area (Å²) in [5, 5.41) is 0. The molecule has 0 bridgehead atoms. The first kappa shape index (κ1) is 11.5. The van der Waals surface area contributed by atoms with E-state index in [1.807, 2.05) is 6.07 Å². The van der Waals surface area contributed by atoms with Crippen molar-refractivity contribution in [1.82, 2.24) is 0 Å². The lowest BCUT2D eigenvalue weighted by Crippen LogP contribution is -2.39. The Morgan fingerprint density at radius 3 is 2.47 bits per heavy atom. The summed E-state index contributed by atoms with van der Waals surface area (Å²) in [5.41, 5.74) is 7.21. The highest BCUT2D eigenvalue weighted by molar-refractivity contribution is 5.89. The SMILES string of the molecule is CC1(N)C(=O)Oc2cc(C(C3CC3)C3CC3)ccc21. The fourth-order valence-corrected chi connectivity index (χ4v) is 3.42. The number of nitrogens with two attached hydrogens (primary N) is 1. The quantitative estimate of drug-likeness (QED) is 0.669. The largest absolute Gasteiger partial charge is 0.425 e. The van der Waals surface area contributed by atoms with Crippen LogP contribution >= 0.6 is 0 Å². The van der Waals surface area contributed by atoms with Gasteiger partial charge in [0.25, 0.3) is 0 Å². The van der Waals surface area contributed by atoms with Crippen molar-refractivity contribution in [2.24, 2.45) is 17.6 Å². The molecule has 19 heavy (non-hydrogen) atoms. The van der Waals surface area contributed by atoms with Gasteiger partial charge in [0.2, 0.25) is 0 Å². The lowest BCUT2D eigenvalue weighted by atomic mass is 9.87. The normalized spacial score (nSPS) is 29.5. The number of fused-ring (bicyclic) bond motifs is 1.